The lowest BCUT2D eigenvalue weighted by molar-refractivity contribution is -0.130. The fraction of sp³-hybridized carbons (Fsp3) is 0.371. The Morgan fingerprint density at radius 1 is 0.957 bits per heavy atom. The molecule has 1 unspecified atom stereocenters. The van der Waals surface area contributed by atoms with E-state index in [9.17, 15) is 19.2 Å². The summed E-state index contributed by atoms with van der Waals surface area (Å²) in [6, 6.07) is 17.7. The van der Waals surface area contributed by atoms with E-state index in [4.69, 9.17) is 4.74 Å². The van der Waals surface area contributed by atoms with Crippen LogP contribution in [0.1, 0.15) is 52.0 Å². The van der Waals surface area contributed by atoms with Crippen LogP contribution in [0.15, 0.2) is 82.4 Å². The molecule has 2 aromatic carbocycles. The number of H-pyrrole nitrogens is 1. The molecule has 0 radical (unpaired) electrons. The maximum absolute atomic E-state index is 13.6. The molecule has 5 rings (SSSR count). The van der Waals surface area contributed by atoms with E-state index in [2.05, 4.69) is 35.6 Å². The van der Waals surface area contributed by atoms with Crippen LogP contribution in [0.25, 0.3) is 22.5 Å². The number of carbonyl (C=O) groups is 3. The van der Waals surface area contributed by atoms with Gasteiger partial charge in [0.1, 0.15) is 11.6 Å². The number of benzene rings is 2. The third-order valence-corrected chi connectivity index (χ3v) is 8.04. The number of anilines is 1. The van der Waals surface area contributed by atoms with Gasteiger partial charge in [-0.2, -0.15) is 0 Å². The molecule has 0 aliphatic heterocycles. The number of carbonyl (C=O) groups excluding carboxylic acids is 3. The molecule has 2 heterocycles. The Kier molecular flexibility index (Phi) is 10.5. The zero-order valence-electron chi connectivity index (χ0n) is 26.7. The molecule has 3 amide bonds. The van der Waals surface area contributed by atoms with Crippen molar-refractivity contribution >= 4 is 23.6 Å². The zero-order valence-corrected chi connectivity index (χ0v) is 26.7. The first-order valence-corrected chi connectivity index (χ1v) is 15.8. The second-order valence-corrected chi connectivity index (χ2v) is 12.8. The number of aromatic nitrogens is 3. The molecule has 246 valence electrons. The van der Waals surface area contributed by atoms with Crippen LogP contribution in [-0.4, -0.2) is 51.2 Å². The third kappa shape index (κ3) is 9.62. The van der Waals surface area contributed by atoms with Gasteiger partial charge in [-0.05, 0) is 99.4 Å². The summed E-state index contributed by atoms with van der Waals surface area (Å²) in [6.45, 7) is 5.96. The molecule has 1 aliphatic carbocycles. The van der Waals surface area contributed by atoms with E-state index in [1.807, 2.05) is 57.2 Å². The Labute approximate surface area is 272 Å². The summed E-state index contributed by atoms with van der Waals surface area (Å²) in [6.07, 6.45) is 6.24. The number of rotatable bonds is 10. The van der Waals surface area contributed by atoms with Crippen LogP contribution < -0.4 is 21.7 Å². The molecular formula is C35H40N6O6. The number of ether oxygens (including phenoxy) is 1. The van der Waals surface area contributed by atoms with Crippen molar-refractivity contribution in [2.24, 2.45) is 11.8 Å². The average molecular weight is 641 g/mol. The van der Waals surface area contributed by atoms with Crippen molar-refractivity contribution in [3.05, 3.63) is 89.2 Å². The van der Waals surface area contributed by atoms with Crippen LogP contribution >= 0.6 is 0 Å². The fourth-order valence-corrected chi connectivity index (χ4v) is 5.57. The van der Waals surface area contributed by atoms with Crippen molar-refractivity contribution in [2.45, 2.75) is 64.5 Å². The van der Waals surface area contributed by atoms with Crippen molar-refractivity contribution in [2.75, 3.05) is 11.9 Å². The van der Waals surface area contributed by atoms with Crippen molar-refractivity contribution in [1.29, 1.82) is 0 Å². The fourth-order valence-electron chi connectivity index (χ4n) is 5.57. The topological polar surface area (TPSA) is 168 Å². The number of nitrogens with one attached hydrogen (secondary N) is 4. The Hall–Kier alpha value is -5.26. The van der Waals surface area contributed by atoms with Crippen LogP contribution in [0.4, 0.5) is 10.5 Å². The Morgan fingerprint density at radius 3 is 2.28 bits per heavy atom. The van der Waals surface area contributed by atoms with Gasteiger partial charge in [0, 0.05) is 42.5 Å². The van der Waals surface area contributed by atoms with Gasteiger partial charge in [-0.15, -0.1) is 0 Å². The minimum atomic E-state index is -0.829. The summed E-state index contributed by atoms with van der Waals surface area (Å²) in [5.74, 6) is -0.881. The quantitative estimate of drug-likeness (QED) is 0.186. The highest BCUT2D eigenvalue weighted by atomic mass is 16.6. The molecule has 1 atom stereocenters. The summed E-state index contributed by atoms with van der Waals surface area (Å²) < 4.78 is 9.90. The molecule has 1 fully saturated rings. The lowest BCUT2D eigenvalue weighted by Gasteiger charge is -2.29. The molecule has 0 spiro atoms. The van der Waals surface area contributed by atoms with Crippen LogP contribution in [0, 0.1) is 11.8 Å². The molecule has 1 aliphatic rings. The number of pyridine rings is 1. The standard InChI is InChI=1S/C35H40N6O6/c1-35(2,3)46-33(44)37-20-23-8-12-26(13-9-23)31(42)39-29(19-22-6-10-24(11-7-22)27-5-4-18-36-21-27)32(43)38-28-16-14-25(15-17-28)30-40-34(45)47-41-30/h4-7,10-11,14-18,21,23,26,29H,8-9,12-13,19-20H2,1-3H3,(H,37,44)(H,38,43)(H,39,42)(H,40,41,45). The lowest BCUT2D eigenvalue weighted by Crippen LogP contribution is -2.48. The van der Waals surface area contributed by atoms with Gasteiger partial charge in [0.2, 0.25) is 11.8 Å². The highest BCUT2D eigenvalue weighted by molar-refractivity contribution is 5.97. The Morgan fingerprint density at radius 2 is 1.66 bits per heavy atom. The van der Waals surface area contributed by atoms with Gasteiger partial charge in [-0.1, -0.05) is 35.5 Å². The first-order chi connectivity index (χ1) is 22.5. The Balaban J connectivity index is 1.23. The molecule has 1 saturated carbocycles. The normalized spacial score (nSPS) is 16.9. The van der Waals surface area contributed by atoms with Gasteiger partial charge in [0.25, 0.3) is 0 Å². The predicted octanol–water partition coefficient (Wildman–Crippen LogP) is 5.09. The number of amides is 3. The maximum Gasteiger partial charge on any atom is 0.439 e. The van der Waals surface area contributed by atoms with E-state index in [0.717, 1.165) is 29.5 Å². The molecule has 47 heavy (non-hydrogen) atoms. The van der Waals surface area contributed by atoms with Crippen LogP contribution in [0.2, 0.25) is 0 Å². The monoisotopic (exact) mass is 640 g/mol. The van der Waals surface area contributed by atoms with E-state index in [0.29, 0.717) is 30.6 Å². The maximum atomic E-state index is 13.6. The second kappa shape index (κ2) is 14.9. The lowest BCUT2D eigenvalue weighted by atomic mass is 9.81. The van der Waals surface area contributed by atoms with Gasteiger partial charge in [-0.3, -0.25) is 24.1 Å². The molecule has 4 N–H and O–H groups in total. The third-order valence-electron chi connectivity index (χ3n) is 8.04. The SMILES string of the molecule is CC(C)(C)OC(=O)NCC1CCC(C(=O)NC(Cc2ccc(-c3cccnc3)cc2)C(=O)Nc2ccc(-c3noc(=O)[nH]3)cc2)CC1. The van der Waals surface area contributed by atoms with E-state index in [1.165, 1.54) is 0 Å². The predicted molar refractivity (Wildman–Crippen MR) is 176 cm³/mol. The van der Waals surface area contributed by atoms with Crippen molar-refractivity contribution in [3.63, 3.8) is 0 Å². The molecule has 12 nitrogen and oxygen atoms in total. The van der Waals surface area contributed by atoms with Gasteiger partial charge < -0.3 is 20.7 Å². The van der Waals surface area contributed by atoms with Crippen molar-refractivity contribution < 1.29 is 23.6 Å². The molecule has 4 aromatic rings. The minimum absolute atomic E-state index is 0.166. The van der Waals surface area contributed by atoms with Gasteiger partial charge in [-0.25, -0.2) is 9.59 Å². The number of hydrogen-bond donors (Lipinski definition) is 4. The van der Waals surface area contributed by atoms with E-state index in [-0.39, 0.29) is 35.9 Å². The van der Waals surface area contributed by atoms with Gasteiger partial charge in [0.15, 0.2) is 5.82 Å². The van der Waals surface area contributed by atoms with Crippen molar-refractivity contribution in [1.82, 2.24) is 25.8 Å². The van der Waals surface area contributed by atoms with E-state index < -0.39 is 23.5 Å². The number of nitrogens with zero attached hydrogens (tertiary/aromatic N) is 2. The smallest absolute Gasteiger partial charge is 0.439 e. The number of aromatic amines is 1. The summed E-state index contributed by atoms with van der Waals surface area (Å²) in [4.78, 5) is 57.2. The van der Waals surface area contributed by atoms with Gasteiger partial charge >= 0.3 is 11.8 Å². The molecule has 0 bridgehead atoms. The average Bonchev–Trinajstić information content (AvgIpc) is 3.50. The molecule has 2 aromatic heterocycles. The van der Waals surface area contributed by atoms with Crippen LogP contribution in [-0.2, 0) is 20.7 Å². The highest BCUT2D eigenvalue weighted by Gasteiger charge is 2.30. The molecule has 12 heteroatoms. The van der Waals surface area contributed by atoms with Crippen LogP contribution in [0.3, 0.4) is 0 Å². The molecular weight excluding hydrogens is 600 g/mol. The van der Waals surface area contributed by atoms with Crippen LogP contribution in [0.5, 0.6) is 0 Å². The highest BCUT2D eigenvalue weighted by Crippen LogP contribution is 2.29. The first kappa shape index (κ1) is 33.1. The molecule has 0 saturated heterocycles. The second-order valence-electron chi connectivity index (χ2n) is 12.8. The Bertz CT molecular complexity index is 1700. The minimum Gasteiger partial charge on any atom is -0.444 e. The van der Waals surface area contributed by atoms with E-state index >= 15 is 0 Å². The summed E-state index contributed by atoms with van der Waals surface area (Å²) in [7, 11) is 0. The number of hydrogen-bond acceptors (Lipinski definition) is 8. The largest absolute Gasteiger partial charge is 0.444 e. The number of alkyl carbamates (subject to hydrolysis) is 1. The van der Waals surface area contributed by atoms with Crippen molar-refractivity contribution in [3.8, 4) is 22.5 Å². The van der Waals surface area contributed by atoms with E-state index in [1.54, 1.807) is 36.7 Å². The summed E-state index contributed by atoms with van der Waals surface area (Å²) >= 11 is 0. The zero-order chi connectivity index (χ0) is 33.4. The first-order valence-electron chi connectivity index (χ1n) is 15.8. The summed E-state index contributed by atoms with van der Waals surface area (Å²) in [5, 5.41) is 12.5. The van der Waals surface area contributed by atoms with Gasteiger partial charge in [0.05, 0.1) is 0 Å². The summed E-state index contributed by atoms with van der Waals surface area (Å²) in [5.41, 5.74) is 3.45.